The molecule has 122 valence electrons. The minimum absolute atomic E-state index is 0.0496. The molecule has 1 aliphatic carbocycles. The smallest absolute Gasteiger partial charge is 0.0855 e. The molecule has 0 atom stereocenters. The van der Waals surface area contributed by atoms with Crippen molar-refractivity contribution in [1.82, 2.24) is 9.78 Å². The minimum Gasteiger partial charge on any atom is -0.392 e. The summed E-state index contributed by atoms with van der Waals surface area (Å²) < 4.78 is 2.21. The first-order chi connectivity index (χ1) is 11.3. The van der Waals surface area contributed by atoms with E-state index in [2.05, 4.69) is 41.3 Å². The molecule has 1 saturated carbocycles. The molecule has 0 saturated heterocycles. The third kappa shape index (κ3) is 3.88. The van der Waals surface area contributed by atoms with Crippen LogP contribution in [0.1, 0.15) is 43.8 Å². The quantitative estimate of drug-likeness (QED) is 0.803. The van der Waals surface area contributed by atoms with E-state index >= 15 is 0 Å². The lowest BCUT2D eigenvalue weighted by Crippen LogP contribution is -2.15. The van der Waals surface area contributed by atoms with E-state index < -0.39 is 0 Å². The summed E-state index contributed by atoms with van der Waals surface area (Å²) in [4.78, 5) is 1.28. The Balaban J connectivity index is 1.97. The van der Waals surface area contributed by atoms with Crippen LogP contribution in [0.15, 0.2) is 41.3 Å². The maximum Gasteiger partial charge on any atom is 0.0855 e. The second-order valence-corrected chi connectivity index (χ2v) is 6.88. The number of thioether (sulfide) groups is 1. The highest BCUT2D eigenvalue weighted by Crippen LogP contribution is 2.33. The molecule has 0 bridgehead atoms. The van der Waals surface area contributed by atoms with Crippen molar-refractivity contribution in [1.29, 1.82) is 0 Å². The van der Waals surface area contributed by atoms with Gasteiger partial charge in [-0.1, -0.05) is 37.5 Å². The van der Waals surface area contributed by atoms with Crippen molar-refractivity contribution in [3.05, 3.63) is 42.1 Å². The summed E-state index contributed by atoms with van der Waals surface area (Å²) >= 11 is 1.76. The van der Waals surface area contributed by atoms with E-state index in [1.54, 1.807) is 17.8 Å². The van der Waals surface area contributed by atoms with E-state index in [-0.39, 0.29) is 6.61 Å². The van der Waals surface area contributed by atoms with Crippen LogP contribution in [0, 0.1) is 0 Å². The molecule has 1 aromatic heterocycles. The standard InChI is InChI=1S/C19H24N2OS/c1-23-18-11-9-15(10-12-18)19-14-16(6-5-13-22)20-21(19)17-7-3-2-4-8-17/h5-6,9-12,14,17,22H,2-4,7-8,13H2,1H3/b6-5+. The predicted octanol–water partition coefficient (Wildman–Crippen LogP) is 4.78. The third-order valence-corrected chi connectivity index (χ3v) is 5.20. The SMILES string of the molecule is CSc1ccc(-c2cc(/C=C/CO)nn2C2CCCCC2)cc1. The van der Waals surface area contributed by atoms with Gasteiger partial charge in [-0.25, -0.2) is 0 Å². The highest BCUT2D eigenvalue weighted by molar-refractivity contribution is 7.98. The van der Waals surface area contributed by atoms with Gasteiger partial charge < -0.3 is 5.11 Å². The topological polar surface area (TPSA) is 38.1 Å². The van der Waals surface area contributed by atoms with Gasteiger partial charge in [-0.2, -0.15) is 5.10 Å². The highest BCUT2D eigenvalue weighted by atomic mass is 32.2. The lowest BCUT2D eigenvalue weighted by Gasteiger charge is -2.24. The molecule has 0 unspecified atom stereocenters. The monoisotopic (exact) mass is 328 g/mol. The van der Waals surface area contributed by atoms with Gasteiger partial charge in [0, 0.05) is 4.90 Å². The van der Waals surface area contributed by atoms with Crippen LogP contribution < -0.4 is 0 Å². The molecule has 0 radical (unpaired) electrons. The van der Waals surface area contributed by atoms with Crippen LogP contribution in [-0.4, -0.2) is 27.7 Å². The number of nitrogens with zero attached hydrogens (tertiary/aromatic N) is 2. The first kappa shape index (κ1) is 16.3. The fourth-order valence-corrected chi connectivity index (χ4v) is 3.66. The molecular weight excluding hydrogens is 304 g/mol. The molecule has 1 N–H and O–H groups in total. The van der Waals surface area contributed by atoms with Crippen molar-refractivity contribution in [2.75, 3.05) is 12.9 Å². The Morgan fingerprint density at radius 3 is 2.61 bits per heavy atom. The van der Waals surface area contributed by atoms with Crippen LogP contribution in [0.4, 0.5) is 0 Å². The van der Waals surface area contributed by atoms with Crippen LogP contribution in [-0.2, 0) is 0 Å². The molecule has 2 aromatic rings. The van der Waals surface area contributed by atoms with Crippen molar-refractivity contribution < 1.29 is 5.11 Å². The Hall–Kier alpha value is -1.52. The summed E-state index contributed by atoms with van der Waals surface area (Å²) in [5.74, 6) is 0. The van der Waals surface area contributed by atoms with Crippen LogP contribution >= 0.6 is 11.8 Å². The molecule has 0 spiro atoms. The van der Waals surface area contributed by atoms with E-state index in [1.807, 2.05) is 6.08 Å². The largest absolute Gasteiger partial charge is 0.392 e. The number of hydrogen-bond donors (Lipinski definition) is 1. The van der Waals surface area contributed by atoms with Crippen LogP contribution in [0.25, 0.3) is 17.3 Å². The van der Waals surface area contributed by atoms with Gasteiger partial charge in [-0.05, 0) is 48.9 Å². The average molecular weight is 328 g/mol. The molecule has 3 nitrogen and oxygen atoms in total. The lowest BCUT2D eigenvalue weighted by molar-refractivity contribution is 0.332. The first-order valence-electron chi connectivity index (χ1n) is 8.33. The van der Waals surface area contributed by atoms with Crippen molar-refractivity contribution >= 4 is 17.8 Å². The molecule has 0 amide bonds. The van der Waals surface area contributed by atoms with E-state index in [0.29, 0.717) is 6.04 Å². The number of benzene rings is 1. The zero-order chi connectivity index (χ0) is 16.1. The van der Waals surface area contributed by atoms with E-state index in [0.717, 1.165) is 5.69 Å². The molecule has 23 heavy (non-hydrogen) atoms. The molecule has 3 rings (SSSR count). The number of aliphatic hydroxyl groups excluding tert-OH is 1. The Bertz CT molecular complexity index is 655. The van der Waals surface area contributed by atoms with Crippen LogP contribution in [0.5, 0.6) is 0 Å². The second kappa shape index (κ2) is 7.84. The Morgan fingerprint density at radius 1 is 1.22 bits per heavy atom. The normalized spacial score (nSPS) is 16.3. The zero-order valence-electron chi connectivity index (χ0n) is 13.6. The number of aromatic nitrogens is 2. The van der Waals surface area contributed by atoms with Crippen molar-refractivity contribution in [2.24, 2.45) is 0 Å². The number of rotatable bonds is 5. The van der Waals surface area contributed by atoms with Gasteiger partial charge in [-0.3, -0.25) is 4.68 Å². The summed E-state index contributed by atoms with van der Waals surface area (Å²) in [7, 11) is 0. The number of hydrogen-bond acceptors (Lipinski definition) is 3. The number of aliphatic hydroxyl groups is 1. The molecule has 4 heteroatoms. The summed E-state index contributed by atoms with van der Waals surface area (Å²) in [6, 6.07) is 11.3. The van der Waals surface area contributed by atoms with Crippen molar-refractivity contribution in [2.45, 2.75) is 43.0 Å². The van der Waals surface area contributed by atoms with Gasteiger partial charge in [0.2, 0.25) is 0 Å². The highest BCUT2D eigenvalue weighted by Gasteiger charge is 2.20. The molecule has 0 aliphatic heterocycles. The lowest BCUT2D eigenvalue weighted by atomic mass is 9.95. The summed E-state index contributed by atoms with van der Waals surface area (Å²) in [6.45, 7) is 0.0496. The fourth-order valence-electron chi connectivity index (χ4n) is 3.25. The molecular formula is C19H24N2OS. The maximum absolute atomic E-state index is 9.00. The fraction of sp³-hybridized carbons (Fsp3) is 0.421. The molecule has 1 aromatic carbocycles. The predicted molar refractivity (Wildman–Crippen MR) is 97.7 cm³/mol. The van der Waals surface area contributed by atoms with Crippen molar-refractivity contribution in [3.8, 4) is 11.3 Å². The Morgan fingerprint density at radius 2 is 1.96 bits per heavy atom. The van der Waals surface area contributed by atoms with Gasteiger partial charge >= 0.3 is 0 Å². The van der Waals surface area contributed by atoms with Gasteiger partial charge in [0.05, 0.1) is 24.0 Å². The zero-order valence-corrected chi connectivity index (χ0v) is 14.4. The van der Waals surface area contributed by atoms with Crippen molar-refractivity contribution in [3.63, 3.8) is 0 Å². The van der Waals surface area contributed by atoms with E-state index in [9.17, 15) is 0 Å². The first-order valence-corrected chi connectivity index (χ1v) is 9.55. The molecule has 1 aliphatic rings. The average Bonchev–Trinajstić information content (AvgIpc) is 3.05. The van der Waals surface area contributed by atoms with Gasteiger partial charge in [0.1, 0.15) is 0 Å². The van der Waals surface area contributed by atoms with Crippen LogP contribution in [0.2, 0.25) is 0 Å². The summed E-state index contributed by atoms with van der Waals surface area (Å²) in [6.07, 6.45) is 12.1. The Kier molecular flexibility index (Phi) is 5.57. The molecule has 1 fully saturated rings. The minimum atomic E-state index is 0.0496. The van der Waals surface area contributed by atoms with Gasteiger partial charge in [0.15, 0.2) is 0 Å². The second-order valence-electron chi connectivity index (χ2n) is 6.00. The van der Waals surface area contributed by atoms with Gasteiger partial charge in [0.25, 0.3) is 0 Å². The van der Waals surface area contributed by atoms with Gasteiger partial charge in [-0.15, -0.1) is 11.8 Å². The third-order valence-electron chi connectivity index (χ3n) is 4.46. The summed E-state index contributed by atoms with van der Waals surface area (Å²) in [5.41, 5.74) is 3.32. The maximum atomic E-state index is 9.00. The molecule has 1 heterocycles. The van der Waals surface area contributed by atoms with Crippen LogP contribution in [0.3, 0.4) is 0 Å². The Labute approximate surface area is 142 Å². The van der Waals surface area contributed by atoms with E-state index in [4.69, 9.17) is 10.2 Å². The summed E-state index contributed by atoms with van der Waals surface area (Å²) in [5, 5.41) is 13.8. The van der Waals surface area contributed by atoms with E-state index in [1.165, 1.54) is 48.3 Å².